The maximum Gasteiger partial charge on any atom is 0.271 e. The number of thiazole rings is 1. The van der Waals surface area contributed by atoms with Crippen molar-refractivity contribution in [3.8, 4) is 0 Å². The highest BCUT2D eigenvalue weighted by Gasteiger charge is 2.10. The third-order valence-corrected chi connectivity index (χ3v) is 4.03. The molecule has 0 atom stereocenters. The molecular weight excluding hydrogens is 308 g/mol. The second kappa shape index (κ2) is 5.67. The molecule has 7 heteroatoms. The Morgan fingerprint density at radius 3 is 3.10 bits per heavy atom. The fraction of sp³-hybridized carbons (Fsp3) is 0.0714. The topological polar surface area (TPSA) is 58.8 Å². The number of imidazole rings is 1. The zero-order chi connectivity index (χ0) is 14.8. The van der Waals surface area contributed by atoms with Gasteiger partial charge in [0.15, 0.2) is 10.1 Å². The monoisotopic (exact) mass is 318 g/mol. The van der Waals surface area contributed by atoms with E-state index >= 15 is 0 Å². The molecule has 0 fully saturated rings. The molecule has 0 unspecified atom stereocenters. The summed E-state index contributed by atoms with van der Waals surface area (Å²) in [4.78, 5) is 17.0. The van der Waals surface area contributed by atoms with Crippen molar-refractivity contribution in [2.45, 2.75) is 6.92 Å². The molecule has 3 aromatic rings. The second-order valence-corrected chi connectivity index (χ2v) is 5.59. The SMILES string of the molecule is Cc1ccccc1C(=O)N/N=C\c1c(Cl)nc2sccn12. The number of fused-ring (bicyclic) bond motifs is 1. The number of hydrogen-bond acceptors (Lipinski definition) is 4. The Hall–Kier alpha value is -2.18. The lowest BCUT2D eigenvalue weighted by Crippen LogP contribution is -2.18. The summed E-state index contributed by atoms with van der Waals surface area (Å²) in [6, 6.07) is 7.33. The van der Waals surface area contributed by atoms with Crippen LogP contribution in [0.4, 0.5) is 0 Å². The summed E-state index contributed by atoms with van der Waals surface area (Å²) in [5.41, 5.74) is 4.62. The van der Waals surface area contributed by atoms with Crippen LogP contribution >= 0.6 is 22.9 Å². The van der Waals surface area contributed by atoms with Gasteiger partial charge in [0.05, 0.1) is 6.21 Å². The van der Waals surface area contributed by atoms with Gasteiger partial charge in [0, 0.05) is 17.1 Å². The standard InChI is InChI=1S/C14H11ClN4OS/c1-9-4-2-3-5-10(9)13(20)18-16-8-11-12(15)17-14-19(11)6-7-21-14/h2-8H,1H3,(H,18,20)/b16-8-. The first-order chi connectivity index (χ1) is 10.2. The van der Waals surface area contributed by atoms with Crippen LogP contribution in [0, 0.1) is 6.92 Å². The first kappa shape index (κ1) is 13.8. The quantitative estimate of drug-likeness (QED) is 0.596. The number of hydrazone groups is 1. The fourth-order valence-electron chi connectivity index (χ4n) is 1.93. The minimum Gasteiger partial charge on any atom is -0.288 e. The molecule has 0 radical (unpaired) electrons. The van der Waals surface area contributed by atoms with E-state index in [9.17, 15) is 4.79 Å². The highest BCUT2D eigenvalue weighted by molar-refractivity contribution is 7.15. The highest BCUT2D eigenvalue weighted by Crippen LogP contribution is 2.19. The molecule has 21 heavy (non-hydrogen) atoms. The summed E-state index contributed by atoms with van der Waals surface area (Å²) in [5.74, 6) is -0.258. The van der Waals surface area contributed by atoms with E-state index in [-0.39, 0.29) is 5.91 Å². The van der Waals surface area contributed by atoms with Crippen molar-refractivity contribution in [3.63, 3.8) is 0 Å². The van der Waals surface area contributed by atoms with E-state index in [1.165, 1.54) is 17.6 Å². The number of benzene rings is 1. The van der Waals surface area contributed by atoms with Crippen LogP contribution in [0.15, 0.2) is 40.9 Å². The molecule has 1 aromatic carbocycles. The van der Waals surface area contributed by atoms with Crippen molar-refractivity contribution in [1.82, 2.24) is 14.8 Å². The first-order valence-electron chi connectivity index (χ1n) is 6.17. The van der Waals surface area contributed by atoms with Gasteiger partial charge in [0.25, 0.3) is 5.91 Å². The van der Waals surface area contributed by atoms with E-state index in [0.717, 1.165) is 10.5 Å². The summed E-state index contributed by atoms with van der Waals surface area (Å²) < 4.78 is 1.82. The summed E-state index contributed by atoms with van der Waals surface area (Å²) in [7, 11) is 0. The minimum absolute atomic E-state index is 0.258. The van der Waals surface area contributed by atoms with Crippen molar-refractivity contribution >= 4 is 40.0 Å². The molecule has 0 aliphatic heterocycles. The molecule has 5 nitrogen and oxygen atoms in total. The van der Waals surface area contributed by atoms with Crippen molar-refractivity contribution in [1.29, 1.82) is 0 Å². The summed E-state index contributed by atoms with van der Waals surface area (Å²) in [6.45, 7) is 1.88. The van der Waals surface area contributed by atoms with Gasteiger partial charge in [0.2, 0.25) is 0 Å². The second-order valence-electron chi connectivity index (χ2n) is 4.36. The van der Waals surface area contributed by atoms with Crippen molar-refractivity contribution in [2.75, 3.05) is 0 Å². The molecule has 2 aromatic heterocycles. The van der Waals surface area contributed by atoms with E-state index in [1.807, 2.05) is 41.1 Å². The van der Waals surface area contributed by atoms with Gasteiger partial charge in [-0.05, 0) is 18.6 Å². The number of nitrogens with zero attached hydrogens (tertiary/aromatic N) is 3. The predicted octanol–water partition coefficient (Wildman–Crippen LogP) is 3.12. The maximum absolute atomic E-state index is 12.0. The molecule has 0 spiro atoms. The third kappa shape index (κ3) is 2.68. The van der Waals surface area contributed by atoms with Crippen LogP contribution < -0.4 is 5.43 Å². The van der Waals surface area contributed by atoms with Gasteiger partial charge in [-0.2, -0.15) is 5.10 Å². The number of aromatic nitrogens is 2. The third-order valence-electron chi connectivity index (χ3n) is 3.00. The lowest BCUT2D eigenvalue weighted by atomic mass is 10.1. The van der Waals surface area contributed by atoms with E-state index < -0.39 is 0 Å². The fourth-order valence-corrected chi connectivity index (χ4v) is 2.92. The normalized spacial score (nSPS) is 11.3. The van der Waals surface area contributed by atoms with Gasteiger partial charge < -0.3 is 0 Å². The van der Waals surface area contributed by atoms with Gasteiger partial charge in [-0.3, -0.25) is 9.20 Å². The number of carbonyl (C=O) groups is 1. The lowest BCUT2D eigenvalue weighted by molar-refractivity contribution is 0.0954. The molecule has 2 heterocycles. The minimum atomic E-state index is -0.258. The Kier molecular flexibility index (Phi) is 3.72. The van der Waals surface area contributed by atoms with E-state index in [4.69, 9.17) is 11.6 Å². The Morgan fingerprint density at radius 1 is 1.48 bits per heavy atom. The number of nitrogens with one attached hydrogen (secondary N) is 1. The molecule has 0 bridgehead atoms. The van der Waals surface area contributed by atoms with Crippen LogP contribution in [0.5, 0.6) is 0 Å². The van der Waals surface area contributed by atoms with Crippen LogP contribution in [-0.4, -0.2) is 21.5 Å². The summed E-state index contributed by atoms with van der Waals surface area (Å²) >= 11 is 7.52. The average Bonchev–Trinajstić information content (AvgIpc) is 3.01. The Morgan fingerprint density at radius 2 is 2.29 bits per heavy atom. The predicted molar refractivity (Wildman–Crippen MR) is 84.3 cm³/mol. The summed E-state index contributed by atoms with van der Waals surface area (Å²) in [5, 5.41) is 6.22. The van der Waals surface area contributed by atoms with Crippen LogP contribution in [0.2, 0.25) is 5.15 Å². The smallest absolute Gasteiger partial charge is 0.271 e. The molecule has 106 valence electrons. The van der Waals surface area contributed by atoms with Crippen LogP contribution in [0.1, 0.15) is 21.6 Å². The van der Waals surface area contributed by atoms with Gasteiger partial charge in [0.1, 0.15) is 5.69 Å². The van der Waals surface area contributed by atoms with Crippen molar-refractivity contribution < 1.29 is 4.79 Å². The summed E-state index contributed by atoms with van der Waals surface area (Å²) in [6.07, 6.45) is 3.34. The number of halogens is 1. The van der Waals surface area contributed by atoms with Crippen LogP contribution in [0.3, 0.4) is 0 Å². The molecule has 0 saturated heterocycles. The molecule has 1 amide bonds. The molecule has 0 aliphatic rings. The number of aryl methyl sites for hydroxylation is 1. The zero-order valence-electron chi connectivity index (χ0n) is 11.1. The maximum atomic E-state index is 12.0. The van der Waals surface area contributed by atoms with E-state index in [0.29, 0.717) is 16.4 Å². The largest absolute Gasteiger partial charge is 0.288 e. The molecule has 3 rings (SSSR count). The van der Waals surface area contributed by atoms with Crippen molar-refractivity contribution in [3.05, 3.63) is 57.8 Å². The number of amides is 1. The number of carbonyl (C=O) groups excluding carboxylic acids is 1. The van der Waals surface area contributed by atoms with Crippen LogP contribution in [-0.2, 0) is 0 Å². The average molecular weight is 319 g/mol. The zero-order valence-corrected chi connectivity index (χ0v) is 12.6. The molecule has 0 saturated carbocycles. The number of rotatable bonds is 3. The van der Waals surface area contributed by atoms with E-state index in [2.05, 4.69) is 15.5 Å². The Bertz CT molecular complexity index is 836. The van der Waals surface area contributed by atoms with Crippen LogP contribution in [0.25, 0.3) is 4.96 Å². The van der Waals surface area contributed by atoms with E-state index in [1.54, 1.807) is 6.07 Å². The van der Waals surface area contributed by atoms with Crippen molar-refractivity contribution in [2.24, 2.45) is 5.10 Å². The molecular formula is C14H11ClN4OS. The van der Waals surface area contributed by atoms with Gasteiger partial charge in [-0.15, -0.1) is 11.3 Å². The van der Waals surface area contributed by atoms with Gasteiger partial charge in [-0.25, -0.2) is 10.4 Å². The van der Waals surface area contributed by atoms with Gasteiger partial charge in [-0.1, -0.05) is 29.8 Å². The molecule has 1 N–H and O–H groups in total. The number of hydrogen-bond donors (Lipinski definition) is 1. The Balaban J connectivity index is 1.78. The van der Waals surface area contributed by atoms with Gasteiger partial charge >= 0.3 is 0 Å². The Labute approximate surface area is 129 Å². The highest BCUT2D eigenvalue weighted by atomic mass is 35.5. The molecule has 0 aliphatic carbocycles. The lowest BCUT2D eigenvalue weighted by Gasteiger charge is -2.02. The first-order valence-corrected chi connectivity index (χ1v) is 7.42.